The number of carbonyl (C=O) groups is 2. The van der Waals surface area contributed by atoms with Crippen LogP contribution < -0.4 is 9.80 Å². The lowest BCUT2D eigenvalue weighted by molar-refractivity contribution is -0.123. The molecule has 2 aliphatic rings. The van der Waals surface area contributed by atoms with Crippen molar-refractivity contribution in [3.05, 3.63) is 59.7 Å². The number of hydrogen-bond acceptors (Lipinski definition) is 3. The topological polar surface area (TPSA) is 64.4 Å². The standard InChI is InChI=1S/C20H17N3O2/c1-14-3-7-16(8-4-14)22-18(24)20(11-2-12-20)23(19(22)25)17-9-5-15(13-21)6-10-17/h3-10H,2,11-12H2,1H3. The number of nitrogens with zero attached hydrogens (tertiary/aromatic N) is 3. The first-order chi connectivity index (χ1) is 12.1. The van der Waals surface area contributed by atoms with E-state index in [2.05, 4.69) is 6.07 Å². The SMILES string of the molecule is Cc1ccc(N2C(=O)N(c3ccc(C#N)cc3)C3(CCC3)C2=O)cc1. The van der Waals surface area contributed by atoms with Gasteiger partial charge in [-0.3, -0.25) is 9.69 Å². The predicted octanol–water partition coefficient (Wildman–Crippen LogP) is 3.76. The van der Waals surface area contributed by atoms with Gasteiger partial charge in [0.1, 0.15) is 5.54 Å². The number of anilines is 2. The minimum absolute atomic E-state index is 0.156. The highest BCUT2D eigenvalue weighted by Crippen LogP contribution is 2.47. The molecule has 2 aromatic rings. The molecule has 4 rings (SSSR count). The second kappa shape index (κ2) is 5.45. The van der Waals surface area contributed by atoms with Crippen LogP contribution in [-0.4, -0.2) is 17.5 Å². The number of aryl methyl sites for hydroxylation is 1. The minimum atomic E-state index is -0.782. The summed E-state index contributed by atoms with van der Waals surface area (Å²) in [5.74, 6) is -0.156. The van der Waals surface area contributed by atoms with Gasteiger partial charge in [0.2, 0.25) is 0 Å². The fourth-order valence-corrected chi connectivity index (χ4v) is 3.59. The van der Waals surface area contributed by atoms with Crippen molar-refractivity contribution in [3.8, 4) is 6.07 Å². The van der Waals surface area contributed by atoms with E-state index >= 15 is 0 Å². The fraction of sp³-hybridized carbons (Fsp3) is 0.250. The summed E-state index contributed by atoms with van der Waals surface area (Å²) in [5.41, 5.74) is 2.08. The van der Waals surface area contributed by atoms with E-state index in [1.165, 1.54) is 4.90 Å². The minimum Gasteiger partial charge on any atom is -0.278 e. The monoisotopic (exact) mass is 331 g/mol. The molecule has 124 valence electrons. The summed E-state index contributed by atoms with van der Waals surface area (Å²) in [7, 11) is 0. The lowest BCUT2D eigenvalue weighted by atomic mass is 9.75. The van der Waals surface area contributed by atoms with Crippen LogP contribution in [0.25, 0.3) is 0 Å². The summed E-state index contributed by atoms with van der Waals surface area (Å²) >= 11 is 0. The average Bonchev–Trinajstić information content (AvgIpc) is 2.83. The molecule has 5 nitrogen and oxygen atoms in total. The highest BCUT2D eigenvalue weighted by atomic mass is 16.2. The second-order valence-electron chi connectivity index (χ2n) is 6.64. The van der Waals surface area contributed by atoms with Gasteiger partial charge in [0.15, 0.2) is 0 Å². The van der Waals surface area contributed by atoms with Crippen molar-refractivity contribution in [2.24, 2.45) is 0 Å². The van der Waals surface area contributed by atoms with Gasteiger partial charge in [0.05, 0.1) is 17.3 Å². The highest BCUT2D eigenvalue weighted by molar-refractivity contribution is 6.30. The number of hydrogen-bond donors (Lipinski definition) is 0. The van der Waals surface area contributed by atoms with Gasteiger partial charge in [-0.15, -0.1) is 0 Å². The van der Waals surface area contributed by atoms with Gasteiger partial charge >= 0.3 is 6.03 Å². The molecular weight excluding hydrogens is 314 g/mol. The first-order valence-electron chi connectivity index (χ1n) is 8.32. The molecule has 5 heteroatoms. The molecule has 1 saturated carbocycles. The fourth-order valence-electron chi connectivity index (χ4n) is 3.59. The molecule has 0 aromatic heterocycles. The maximum atomic E-state index is 13.1. The number of urea groups is 1. The van der Waals surface area contributed by atoms with Crippen molar-refractivity contribution in [2.45, 2.75) is 31.7 Å². The molecule has 0 radical (unpaired) electrons. The summed E-state index contributed by atoms with van der Waals surface area (Å²) in [6.07, 6.45) is 2.26. The van der Waals surface area contributed by atoms with E-state index in [0.717, 1.165) is 12.0 Å². The normalized spacial score (nSPS) is 18.4. The van der Waals surface area contributed by atoms with Gasteiger partial charge in [0, 0.05) is 5.69 Å². The Balaban J connectivity index is 1.78. The largest absolute Gasteiger partial charge is 0.336 e. The number of imide groups is 1. The van der Waals surface area contributed by atoms with Gasteiger partial charge in [-0.2, -0.15) is 5.26 Å². The van der Waals surface area contributed by atoms with Crippen molar-refractivity contribution in [3.63, 3.8) is 0 Å². The number of carbonyl (C=O) groups excluding carboxylic acids is 2. The molecule has 25 heavy (non-hydrogen) atoms. The van der Waals surface area contributed by atoms with Crippen molar-refractivity contribution in [1.29, 1.82) is 5.26 Å². The Kier molecular flexibility index (Phi) is 3.36. The summed E-state index contributed by atoms with van der Waals surface area (Å²) in [6, 6.07) is 16.0. The third-order valence-electron chi connectivity index (χ3n) is 5.14. The number of amides is 3. The van der Waals surface area contributed by atoms with E-state index in [4.69, 9.17) is 5.26 Å². The van der Waals surface area contributed by atoms with Crippen molar-refractivity contribution < 1.29 is 9.59 Å². The maximum Gasteiger partial charge on any atom is 0.336 e. The number of rotatable bonds is 2. The summed E-state index contributed by atoms with van der Waals surface area (Å²) in [4.78, 5) is 29.2. The van der Waals surface area contributed by atoms with Gasteiger partial charge in [-0.25, -0.2) is 9.69 Å². The Morgan fingerprint density at radius 1 is 0.960 bits per heavy atom. The molecule has 1 spiro atoms. The van der Waals surface area contributed by atoms with Crippen LogP contribution in [0.4, 0.5) is 16.2 Å². The molecule has 1 saturated heterocycles. The van der Waals surface area contributed by atoms with Gasteiger partial charge < -0.3 is 0 Å². The predicted molar refractivity (Wildman–Crippen MR) is 94.3 cm³/mol. The lowest BCUT2D eigenvalue weighted by Gasteiger charge is -2.42. The summed E-state index contributed by atoms with van der Waals surface area (Å²) in [5, 5.41) is 8.97. The zero-order valence-corrected chi connectivity index (χ0v) is 13.9. The lowest BCUT2D eigenvalue weighted by Crippen LogP contribution is -2.55. The Morgan fingerprint density at radius 2 is 1.56 bits per heavy atom. The summed E-state index contributed by atoms with van der Waals surface area (Å²) < 4.78 is 0. The van der Waals surface area contributed by atoms with Gasteiger partial charge in [-0.1, -0.05) is 17.7 Å². The summed E-state index contributed by atoms with van der Waals surface area (Å²) in [6.45, 7) is 1.97. The van der Waals surface area contributed by atoms with Crippen molar-refractivity contribution in [2.75, 3.05) is 9.80 Å². The van der Waals surface area contributed by atoms with Crippen molar-refractivity contribution >= 4 is 23.3 Å². The molecule has 3 amide bonds. The Labute approximate surface area is 146 Å². The van der Waals surface area contributed by atoms with Gasteiger partial charge in [-0.05, 0) is 62.6 Å². The molecule has 0 N–H and O–H groups in total. The van der Waals surface area contributed by atoms with Crippen LogP contribution in [0.1, 0.15) is 30.4 Å². The molecule has 1 aliphatic heterocycles. The zero-order valence-electron chi connectivity index (χ0n) is 13.9. The van der Waals surface area contributed by atoms with Crippen LogP contribution in [0.2, 0.25) is 0 Å². The van der Waals surface area contributed by atoms with E-state index in [9.17, 15) is 9.59 Å². The van der Waals surface area contributed by atoms with Crippen LogP contribution in [0.3, 0.4) is 0 Å². The number of nitriles is 1. The van der Waals surface area contributed by atoms with Crippen LogP contribution in [0.5, 0.6) is 0 Å². The molecule has 0 bridgehead atoms. The van der Waals surface area contributed by atoms with Crippen molar-refractivity contribution in [1.82, 2.24) is 0 Å². The van der Waals surface area contributed by atoms with Crippen LogP contribution in [-0.2, 0) is 4.79 Å². The first-order valence-corrected chi connectivity index (χ1v) is 8.32. The highest BCUT2D eigenvalue weighted by Gasteiger charge is 2.61. The zero-order chi connectivity index (χ0) is 17.6. The first kappa shape index (κ1) is 15.4. The van der Waals surface area contributed by atoms with E-state index in [0.29, 0.717) is 29.8 Å². The van der Waals surface area contributed by atoms with E-state index < -0.39 is 5.54 Å². The molecule has 2 aromatic carbocycles. The smallest absolute Gasteiger partial charge is 0.278 e. The van der Waals surface area contributed by atoms with E-state index in [1.807, 2.05) is 19.1 Å². The van der Waals surface area contributed by atoms with Crippen LogP contribution in [0.15, 0.2) is 48.5 Å². The van der Waals surface area contributed by atoms with Crippen LogP contribution >= 0.6 is 0 Å². The quantitative estimate of drug-likeness (QED) is 0.787. The molecule has 1 heterocycles. The molecular formula is C20H17N3O2. The molecule has 0 atom stereocenters. The maximum absolute atomic E-state index is 13.1. The van der Waals surface area contributed by atoms with E-state index in [1.54, 1.807) is 41.3 Å². The van der Waals surface area contributed by atoms with E-state index in [-0.39, 0.29) is 11.9 Å². The Hall–Kier alpha value is -3.13. The van der Waals surface area contributed by atoms with Crippen LogP contribution in [0, 0.1) is 18.3 Å². The Bertz CT molecular complexity index is 890. The average molecular weight is 331 g/mol. The molecule has 2 fully saturated rings. The Morgan fingerprint density at radius 3 is 2.08 bits per heavy atom. The molecule has 0 unspecified atom stereocenters. The second-order valence-corrected chi connectivity index (χ2v) is 6.64. The molecule has 1 aliphatic carbocycles. The third kappa shape index (κ3) is 2.14. The number of benzene rings is 2. The van der Waals surface area contributed by atoms with Gasteiger partial charge in [0.25, 0.3) is 5.91 Å². The third-order valence-corrected chi connectivity index (χ3v) is 5.14.